The number of hydrogen-bond acceptors (Lipinski definition) is 6. The van der Waals surface area contributed by atoms with Crippen LogP contribution < -0.4 is 0 Å². The van der Waals surface area contributed by atoms with Crippen molar-refractivity contribution in [2.75, 3.05) is 0 Å². The van der Waals surface area contributed by atoms with Gasteiger partial charge in [0, 0.05) is 5.56 Å². The number of fused-ring (bicyclic) bond motifs is 1. The van der Waals surface area contributed by atoms with Crippen LogP contribution in [-0.2, 0) is 0 Å². The lowest BCUT2D eigenvalue weighted by molar-refractivity contribution is 0.0651. The minimum absolute atomic E-state index is 0.233. The highest BCUT2D eigenvalue weighted by Gasteiger charge is 2.21. The predicted octanol–water partition coefficient (Wildman–Crippen LogP) is 2.76. The van der Waals surface area contributed by atoms with Gasteiger partial charge in [-0.15, -0.1) is 11.3 Å². The van der Waals surface area contributed by atoms with Crippen molar-refractivity contribution in [1.29, 1.82) is 0 Å². The summed E-state index contributed by atoms with van der Waals surface area (Å²) in [7, 11) is 0. The third-order valence-electron chi connectivity index (χ3n) is 3.72. The SMILES string of the molecule is O=C(O)c1ccc(-c2nc3cc(C(=O)O)c(C(=O)O)cc3s2)cc1C(=O)O. The summed E-state index contributed by atoms with van der Waals surface area (Å²) in [5, 5.41) is 36.9. The molecular weight excluding hydrogens is 378 g/mol. The predicted molar refractivity (Wildman–Crippen MR) is 92.9 cm³/mol. The van der Waals surface area contributed by atoms with Crippen LogP contribution in [-0.4, -0.2) is 49.3 Å². The first kappa shape index (κ1) is 18.0. The molecule has 0 atom stereocenters. The summed E-state index contributed by atoms with van der Waals surface area (Å²) in [5.74, 6) is -5.62. The molecule has 0 bridgehead atoms. The fraction of sp³-hybridized carbons (Fsp3) is 0. The Morgan fingerprint density at radius 1 is 0.704 bits per heavy atom. The van der Waals surface area contributed by atoms with Gasteiger partial charge in [-0.3, -0.25) is 0 Å². The van der Waals surface area contributed by atoms with Gasteiger partial charge in [-0.2, -0.15) is 0 Å². The fourth-order valence-electron chi connectivity index (χ4n) is 2.49. The van der Waals surface area contributed by atoms with Crippen LogP contribution in [0.3, 0.4) is 0 Å². The molecule has 0 aliphatic heterocycles. The quantitative estimate of drug-likeness (QED) is 0.515. The van der Waals surface area contributed by atoms with Crippen LogP contribution in [0.5, 0.6) is 0 Å². The molecule has 0 unspecified atom stereocenters. The molecule has 10 heteroatoms. The molecule has 2 aromatic carbocycles. The van der Waals surface area contributed by atoms with E-state index in [0.29, 0.717) is 15.3 Å². The van der Waals surface area contributed by atoms with E-state index in [1.54, 1.807) is 0 Å². The summed E-state index contributed by atoms with van der Waals surface area (Å²) in [5.41, 5.74) is -1.06. The number of hydrogen-bond donors (Lipinski definition) is 4. The second-order valence-electron chi connectivity index (χ2n) is 5.37. The topological polar surface area (TPSA) is 162 Å². The maximum Gasteiger partial charge on any atom is 0.336 e. The van der Waals surface area contributed by atoms with E-state index < -0.39 is 40.6 Å². The molecule has 0 saturated heterocycles. The van der Waals surface area contributed by atoms with E-state index in [1.165, 1.54) is 12.1 Å². The smallest absolute Gasteiger partial charge is 0.336 e. The normalized spacial score (nSPS) is 10.7. The first-order valence-electron chi connectivity index (χ1n) is 7.21. The van der Waals surface area contributed by atoms with E-state index in [-0.39, 0.29) is 11.1 Å². The van der Waals surface area contributed by atoms with Crippen LogP contribution >= 0.6 is 11.3 Å². The van der Waals surface area contributed by atoms with E-state index >= 15 is 0 Å². The molecule has 1 aromatic heterocycles. The van der Waals surface area contributed by atoms with E-state index in [2.05, 4.69) is 4.98 Å². The van der Waals surface area contributed by atoms with Gasteiger partial charge < -0.3 is 20.4 Å². The van der Waals surface area contributed by atoms with Crippen molar-refractivity contribution in [3.63, 3.8) is 0 Å². The Kier molecular flexibility index (Phi) is 4.34. The molecule has 0 spiro atoms. The summed E-state index contributed by atoms with van der Waals surface area (Å²) in [4.78, 5) is 49.2. The highest BCUT2D eigenvalue weighted by Crippen LogP contribution is 2.33. The average Bonchev–Trinajstić information content (AvgIpc) is 3.02. The highest BCUT2D eigenvalue weighted by molar-refractivity contribution is 7.21. The minimum atomic E-state index is -1.42. The molecule has 1 heterocycles. The molecule has 0 amide bonds. The first-order chi connectivity index (χ1) is 12.7. The van der Waals surface area contributed by atoms with Crippen LogP contribution in [0.25, 0.3) is 20.8 Å². The lowest BCUT2D eigenvalue weighted by Gasteiger charge is -2.03. The van der Waals surface area contributed by atoms with Crippen molar-refractivity contribution in [2.45, 2.75) is 0 Å². The molecule has 136 valence electrons. The molecule has 0 aliphatic carbocycles. The van der Waals surface area contributed by atoms with E-state index in [4.69, 9.17) is 10.2 Å². The Labute approximate surface area is 153 Å². The van der Waals surface area contributed by atoms with Crippen molar-refractivity contribution in [2.24, 2.45) is 0 Å². The number of aromatic carboxylic acids is 4. The van der Waals surface area contributed by atoms with Crippen molar-refractivity contribution >= 4 is 45.4 Å². The van der Waals surface area contributed by atoms with Gasteiger partial charge in [-0.05, 0) is 24.3 Å². The number of thiazole rings is 1. The Balaban J connectivity index is 2.20. The van der Waals surface area contributed by atoms with E-state index in [9.17, 15) is 29.4 Å². The Morgan fingerprint density at radius 2 is 1.22 bits per heavy atom. The molecule has 0 saturated carbocycles. The van der Waals surface area contributed by atoms with Crippen molar-refractivity contribution in [3.8, 4) is 10.6 Å². The lowest BCUT2D eigenvalue weighted by atomic mass is 10.0. The van der Waals surface area contributed by atoms with Gasteiger partial charge in [0.05, 0.1) is 32.5 Å². The molecule has 27 heavy (non-hydrogen) atoms. The van der Waals surface area contributed by atoms with E-state index in [1.807, 2.05) is 0 Å². The van der Waals surface area contributed by atoms with Gasteiger partial charge in [-0.1, -0.05) is 6.07 Å². The summed E-state index contributed by atoms with van der Waals surface area (Å²) in [6.45, 7) is 0. The molecule has 9 nitrogen and oxygen atoms in total. The van der Waals surface area contributed by atoms with Crippen LogP contribution in [0.1, 0.15) is 41.4 Å². The zero-order valence-electron chi connectivity index (χ0n) is 13.2. The van der Waals surface area contributed by atoms with Gasteiger partial charge in [0.15, 0.2) is 0 Å². The van der Waals surface area contributed by atoms with Crippen LogP contribution in [0.4, 0.5) is 0 Å². The largest absolute Gasteiger partial charge is 0.478 e. The second kappa shape index (κ2) is 6.50. The molecule has 3 aromatic rings. The molecule has 4 N–H and O–H groups in total. The lowest BCUT2D eigenvalue weighted by Crippen LogP contribution is -2.08. The third kappa shape index (κ3) is 3.20. The standard InChI is InChI=1S/C17H9NO8S/c19-14(20)7-2-1-6(3-8(7)15(21)22)13-18-11-4-9(16(23)24)10(17(25)26)5-12(11)27-13/h1-5H,(H,19,20)(H,21,22)(H,23,24)(H,25,26). The Bertz CT molecular complexity index is 1100. The van der Waals surface area contributed by atoms with Gasteiger partial charge in [-0.25, -0.2) is 24.2 Å². The molecular formula is C17H9NO8S. The van der Waals surface area contributed by atoms with Crippen LogP contribution in [0.15, 0.2) is 30.3 Å². The summed E-state index contributed by atoms with van der Waals surface area (Å²) < 4.78 is 0.395. The maximum atomic E-state index is 11.3. The van der Waals surface area contributed by atoms with Crippen molar-refractivity contribution in [1.82, 2.24) is 4.98 Å². The van der Waals surface area contributed by atoms with Crippen molar-refractivity contribution in [3.05, 3.63) is 52.6 Å². The van der Waals surface area contributed by atoms with Crippen LogP contribution in [0.2, 0.25) is 0 Å². The number of carbonyl (C=O) groups is 4. The molecule has 0 radical (unpaired) electrons. The van der Waals surface area contributed by atoms with Gasteiger partial charge in [0.2, 0.25) is 0 Å². The Morgan fingerprint density at radius 3 is 1.78 bits per heavy atom. The van der Waals surface area contributed by atoms with Gasteiger partial charge in [0.25, 0.3) is 0 Å². The number of carboxylic acids is 4. The second-order valence-corrected chi connectivity index (χ2v) is 6.40. The number of benzene rings is 2. The monoisotopic (exact) mass is 387 g/mol. The van der Waals surface area contributed by atoms with E-state index in [0.717, 1.165) is 29.5 Å². The fourth-order valence-corrected chi connectivity index (χ4v) is 3.47. The molecule has 3 rings (SSSR count). The highest BCUT2D eigenvalue weighted by atomic mass is 32.1. The number of rotatable bonds is 5. The zero-order valence-corrected chi connectivity index (χ0v) is 14.0. The summed E-state index contributed by atoms with van der Waals surface area (Å²) >= 11 is 1.03. The van der Waals surface area contributed by atoms with Crippen molar-refractivity contribution < 1.29 is 39.6 Å². The van der Waals surface area contributed by atoms with Gasteiger partial charge >= 0.3 is 23.9 Å². The third-order valence-corrected chi connectivity index (χ3v) is 4.78. The zero-order chi connectivity index (χ0) is 19.9. The maximum absolute atomic E-state index is 11.3. The van der Waals surface area contributed by atoms with Gasteiger partial charge in [0.1, 0.15) is 5.01 Å². The molecule has 0 aliphatic rings. The number of carboxylic acid groups (broad SMARTS) is 4. The molecule has 0 fully saturated rings. The van der Waals surface area contributed by atoms with Crippen LogP contribution in [0, 0.1) is 0 Å². The summed E-state index contributed by atoms with van der Waals surface area (Å²) in [6, 6.07) is 5.99. The Hall–Kier alpha value is -3.79. The average molecular weight is 387 g/mol. The number of aromatic nitrogens is 1. The first-order valence-corrected chi connectivity index (χ1v) is 8.03. The summed E-state index contributed by atoms with van der Waals surface area (Å²) in [6.07, 6.45) is 0. The number of nitrogens with zero attached hydrogens (tertiary/aromatic N) is 1. The minimum Gasteiger partial charge on any atom is -0.478 e.